The minimum Gasteiger partial charge on any atom is -0.507 e. The fraction of sp³-hybridized carbons (Fsp3) is 0.0769. The first-order valence-electron chi connectivity index (χ1n) is 4.98. The van der Waals surface area contributed by atoms with E-state index in [-0.39, 0.29) is 12.2 Å². The Kier molecular flexibility index (Phi) is 3.22. The maximum absolute atomic E-state index is 10.1. The Morgan fingerprint density at radius 2 is 2.29 bits per heavy atom. The molecule has 17 heavy (non-hydrogen) atoms. The number of nitrogens with zero attached hydrogens (tertiary/aromatic N) is 1. The number of hydrogen-bond acceptors (Lipinski definition) is 4. The molecular weight excluding hydrogens is 218 g/mol. The van der Waals surface area contributed by atoms with Crippen molar-refractivity contribution in [3.8, 4) is 28.9 Å². The molecule has 0 aliphatic carbocycles. The lowest BCUT2D eigenvalue weighted by Crippen LogP contribution is -1.80. The summed E-state index contributed by atoms with van der Waals surface area (Å²) in [7, 11) is 0. The van der Waals surface area contributed by atoms with E-state index in [0.717, 1.165) is 6.29 Å². The van der Waals surface area contributed by atoms with E-state index in [9.17, 15) is 9.90 Å². The van der Waals surface area contributed by atoms with Gasteiger partial charge in [-0.25, -0.2) is 0 Å². The summed E-state index contributed by atoms with van der Waals surface area (Å²) in [5, 5.41) is 13.3. The van der Waals surface area contributed by atoms with Gasteiger partial charge < -0.3 is 14.4 Å². The van der Waals surface area contributed by atoms with Crippen molar-refractivity contribution in [1.29, 1.82) is 0 Å². The van der Waals surface area contributed by atoms with Gasteiger partial charge in [0.25, 0.3) is 0 Å². The Morgan fingerprint density at radius 3 is 3.00 bits per heavy atom. The Labute approximate surface area is 97.9 Å². The number of phenolic OH excluding ortho intramolecular Hbond substituents is 1. The highest BCUT2D eigenvalue weighted by molar-refractivity contribution is 5.67. The molecule has 4 heteroatoms. The molecule has 1 N–H and O–H groups in total. The van der Waals surface area contributed by atoms with E-state index in [4.69, 9.17) is 4.52 Å². The lowest BCUT2D eigenvalue weighted by atomic mass is 10.1. The third-order valence-corrected chi connectivity index (χ3v) is 2.12. The highest BCUT2D eigenvalue weighted by Crippen LogP contribution is 2.29. The Bertz CT molecular complexity index is 576. The smallest absolute Gasteiger partial charge is 0.170 e. The van der Waals surface area contributed by atoms with E-state index in [1.807, 2.05) is 0 Å². The number of aldehydes is 1. The van der Waals surface area contributed by atoms with Crippen LogP contribution in [0.5, 0.6) is 5.75 Å². The largest absolute Gasteiger partial charge is 0.507 e. The number of carbonyl (C=O) groups excluding carboxylic acids is 1. The van der Waals surface area contributed by atoms with Gasteiger partial charge in [-0.05, 0) is 18.2 Å². The van der Waals surface area contributed by atoms with Crippen LogP contribution in [0.1, 0.15) is 12.0 Å². The molecule has 0 radical (unpaired) electrons. The summed E-state index contributed by atoms with van der Waals surface area (Å²) in [4.78, 5) is 10.1. The first kappa shape index (κ1) is 11.0. The third-order valence-electron chi connectivity index (χ3n) is 2.12. The van der Waals surface area contributed by atoms with Crippen LogP contribution in [0, 0.1) is 11.8 Å². The van der Waals surface area contributed by atoms with Gasteiger partial charge in [0.05, 0.1) is 18.2 Å². The predicted molar refractivity (Wildman–Crippen MR) is 61.2 cm³/mol. The Balaban J connectivity index is 2.37. The van der Waals surface area contributed by atoms with E-state index in [0.29, 0.717) is 16.9 Å². The summed E-state index contributed by atoms with van der Waals surface area (Å²) in [5.74, 6) is 6.09. The Hall–Kier alpha value is -2.54. The van der Waals surface area contributed by atoms with Crippen molar-refractivity contribution in [3.63, 3.8) is 0 Å². The predicted octanol–water partition coefficient (Wildman–Crippen LogP) is 1.99. The van der Waals surface area contributed by atoms with E-state index in [1.54, 1.807) is 18.2 Å². The molecule has 2 aromatic rings. The van der Waals surface area contributed by atoms with Crippen molar-refractivity contribution in [2.75, 3.05) is 0 Å². The van der Waals surface area contributed by atoms with Gasteiger partial charge in [-0.1, -0.05) is 17.0 Å². The SMILES string of the molecule is O=CCC#Cc1ccc(O)c(-c2ccno2)c1. The molecule has 0 saturated carbocycles. The van der Waals surface area contributed by atoms with E-state index in [2.05, 4.69) is 17.0 Å². The van der Waals surface area contributed by atoms with Crippen LogP contribution in [0.25, 0.3) is 11.3 Å². The summed E-state index contributed by atoms with van der Waals surface area (Å²) in [6.07, 6.45) is 2.43. The molecule has 1 aromatic heterocycles. The number of aromatic hydroxyl groups is 1. The highest BCUT2D eigenvalue weighted by atomic mass is 16.5. The van der Waals surface area contributed by atoms with Gasteiger partial charge in [-0.15, -0.1) is 0 Å². The fourth-order valence-corrected chi connectivity index (χ4v) is 1.36. The van der Waals surface area contributed by atoms with Crippen molar-refractivity contribution in [2.24, 2.45) is 0 Å². The van der Waals surface area contributed by atoms with Crippen LogP contribution in [0.4, 0.5) is 0 Å². The molecule has 0 amide bonds. The normalized spacial score (nSPS) is 9.41. The molecule has 0 saturated heterocycles. The quantitative estimate of drug-likeness (QED) is 0.629. The van der Waals surface area contributed by atoms with Crippen LogP contribution in [0.15, 0.2) is 35.0 Å². The van der Waals surface area contributed by atoms with Gasteiger partial charge in [0.15, 0.2) is 5.76 Å². The maximum Gasteiger partial charge on any atom is 0.170 e. The molecule has 0 atom stereocenters. The molecule has 1 heterocycles. The number of rotatable bonds is 2. The van der Waals surface area contributed by atoms with Gasteiger partial charge in [0.2, 0.25) is 0 Å². The van der Waals surface area contributed by atoms with Crippen LogP contribution in [-0.4, -0.2) is 16.5 Å². The molecule has 4 nitrogen and oxygen atoms in total. The molecule has 0 fully saturated rings. The minimum absolute atomic E-state index is 0.0997. The number of carbonyl (C=O) groups is 1. The van der Waals surface area contributed by atoms with Crippen LogP contribution in [0.2, 0.25) is 0 Å². The third kappa shape index (κ3) is 2.52. The van der Waals surface area contributed by atoms with Crippen LogP contribution in [0.3, 0.4) is 0 Å². The van der Waals surface area contributed by atoms with E-state index in [1.165, 1.54) is 12.3 Å². The molecule has 84 valence electrons. The van der Waals surface area contributed by atoms with Crippen LogP contribution in [-0.2, 0) is 4.79 Å². The monoisotopic (exact) mass is 227 g/mol. The second kappa shape index (κ2) is 4.99. The number of benzene rings is 1. The molecular formula is C13H9NO3. The van der Waals surface area contributed by atoms with Gasteiger partial charge in [-0.2, -0.15) is 0 Å². The number of phenols is 1. The first-order chi connectivity index (χ1) is 8.31. The second-order valence-corrected chi connectivity index (χ2v) is 3.28. The zero-order valence-corrected chi connectivity index (χ0v) is 8.88. The molecule has 0 bridgehead atoms. The van der Waals surface area contributed by atoms with Gasteiger partial charge >= 0.3 is 0 Å². The Morgan fingerprint density at radius 1 is 1.41 bits per heavy atom. The van der Waals surface area contributed by atoms with Crippen LogP contribution >= 0.6 is 0 Å². The van der Waals surface area contributed by atoms with Crippen LogP contribution < -0.4 is 0 Å². The fourth-order valence-electron chi connectivity index (χ4n) is 1.36. The highest BCUT2D eigenvalue weighted by Gasteiger charge is 2.08. The van der Waals surface area contributed by atoms with Crippen molar-refractivity contribution in [2.45, 2.75) is 6.42 Å². The topological polar surface area (TPSA) is 63.3 Å². The lowest BCUT2D eigenvalue weighted by molar-refractivity contribution is -0.107. The molecule has 0 unspecified atom stereocenters. The minimum atomic E-state index is 0.0997. The van der Waals surface area contributed by atoms with Gasteiger partial charge in [-0.3, -0.25) is 0 Å². The van der Waals surface area contributed by atoms with E-state index < -0.39 is 0 Å². The summed E-state index contributed by atoms with van der Waals surface area (Å²) >= 11 is 0. The standard InChI is InChI=1S/C13H9NO3/c15-8-2-1-3-10-4-5-12(16)11(9-10)13-6-7-14-17-13/h4-9,16H,2H2. The average molecular weight is 227 g/mol. The molecule has 1 aromatic carbocycles. The van der Waals surface area contributed by atoms with Crippen molar-refractivity contribution in [3.05, 3.63) is 36.0 Å². The molecule has 0 aliphatic rings. The molecule has 2 rings (SSSR count). The molecule has 0 spiro atoms. The van der Waals surface area contributed by atoms with Crippen molar-refractivity contribution < 1.29 is 14.4 Å². The first-order valence-corrected chi connectivity index (χ1v) is 4.98. The summed E-state index contributed by atoms with van der Waals surface area (Å²) < 4.78 is 4.97. The zero-order chi connectivity index (χ0) is 12.1. The summed E-state index contributed by atoms with van der Waals surface area (Å²) in [6, 6.07) is 6.54. The average Bonchev–Trinajstić information content (AvgIpc) is 2.85. The maximum atomic E-state index is 10.1. The molecule has 0 aliphatic heterocycles. The zero-order valence-electron chi connectivity index (χ0n) is 8.88. The summed E-state index contributed by atoms with van der Waals surface area (Å²) in [6.45, 7) is 0. The van der Waals surface area contributed by atoms with Crippen molar-refractivity contribution >= 4 is 6.29 Å². The van der Waals surface area contributed by atoms with E-state index >= 15 is 0 Å². The van der Waals surface area contributed by atoms with Gasteiger partial charge in [0, 0.05) is 11.6 Å². The van der Waals surface area contributed by atoms with Crippen molar-refractivity contribution in [1.82, 2.24) is 5.16 Å². The lowest BCUT2D eigenvalue weighted by Gasteiger charge is -2.00. The number of aromatic nitrogens is 1. The van der Waals surface area contributed by atoms with Gasteiger partial charge in [0.1, 0.15) is 12.0 Å². The number of hydrogen-bond donors (Lipinski definition) is 1. The second-order valence-electron chi connectivity index (χ2n) is 3.28. The summed E-state index contributed by atoms with van der Waals surface area (Å²) in [5.41, 5.74) is 1.23.